The Hall–Kier alpha value is -3.16. The minimum Gasteiger partial charge on any atom is -0.462 e. The highest BCUT2D eigenvalue weighted by atomic mass is 32.2. The molecule has 0 N–H and O–H groups in total. The van der Waals surface area contributed by atoms with Gasteiger partial charge >= 0.3 is 5.97 Å². The largest absolute Gasteiger partial charge is 0.462 e. The van der Waals surface area contributed by atoms with Gasteiger partial charge in [0.2, 0.25) is 0 Å². The van der Waals surface area contributed by atoms with E-state index < -0.39 is 10.9 Å². The van der Waals surface area contributed by atoms with Crippen LogP contribution in [-0.4, -0.2) is 22.5 Å². The number of thiazole rings is 1. The summed E-state index contributed by atoms with van der Waals surface area (Å²) >= 11 is 2.55. The molecular weight excluding hydrogens is 390 g/mol. The van der Waals surface area contributed by atoms with Crippen LogP contribution in [0, 0.1) is 21.4 Å². The molecule has 0 saturated heterocycles. The van der Waals surface area contributed by atoms with E-state index in [4.69, 9.17) is 14.4 Å². The number of esters is 1. The summed E-state index contributed by atoms with van der Waals surface area (Å²) in [5, 5.41) is 20.4. The highest BCUT2D eigenvalue weighted by molar-refractivity contribution is 8.01. The number of rotatable bonds is 6. The van der Waals surface area contributed by atoms with Crippen molar-refractivity contribution in [2.24, 2.45) is 0 Å². The number of carbonyl (C=O) groups excluding carboxylic acids is 1. The van der Waals surface area contributed by atoms with Crippen molar-refractivity contribution in [3.63, 3.8) is 0 Å². The third-order valence-electron chi connectivity index (χ3n) is 3.26. The second-order valence-corrected chi connectivity index (χ2v) is 7.32. The topological polar surface area (TPSA) is 119 Å². The average Bonchev–Trinajstić information content (AvgIpc) is 3.25. The number of carbonyl (C=O) groups is 1. The second kappa shape index (κ2) is 8.03. The number of ether oxygens (including phenoxy) is 1. The molecule has 0 spiro atoms. The maximum Gasteiger partial charge on any atom is 0.349 e. The van der Waals surface area contributed by atoms with E-state index in [9.17, 15) is 14.9 Å². The Kier molecular flexibility index (Phi) is 5.54. The number of furan rings is 1. The molecule has 0 saturated carbocycles. The summed E-state index contributed by atoms with van der Waals surface area (Å²) in [5.41, 5.74) is 0.514. The van der Waals surface area contributed by atoms with Crippen molar-refractivity contribution in [1.82, 2.24) is 4.98 Å². The molecule has 10 heteroatoms. The lowest BCUT2D eigenvalue weighted by molar-refractivity contribution is -0.384. The number of nitriles is 1. The molecule has 0 bridgehead atoms. The lowest BCUT2D eigenvalue weighted by Crippen LogP contribution is -2.05. The maximum atomic E-state index is 11.6. The van der Waals surface area contributed by atoms with Gasteiger partial charge in [0, 0.05) is 18.2 Å². The first kappa shape index (κ1) is 18.6. The molecule has 0 atom stereocenters. The first-order chi connectivity index (χ1) is 13.0. The molecule has 1 aromatic carbocycles. The van der Waals surface area contributed by atoms with Crippen LogP contribution < -0.4 is 0 Å². The monoisotopic (exact) mass is 401 g/mol. The summed E-state index contributed by atoms with van der Waals surface area (Å²) in [6.45, 7) is 1.83. The summed E-state index contributed by atoms with van der Waals surface area (Å²) in [6, 6.07) is 9.57. The molecule has 0 unspecified atom stereocenters. The molecule has 3 aromatic rings. The summed E-state index contributed by atoms with van der Waals surface area (Å²) in [4.78, 5) is 26.4. The second-order valence-electron chi connectivity index (χ2n) is 5.04. The molecule has 2 heterocycles. The predicted octanol–water partition coefficient (Wildman–Crippen LogP) is 4.42. The minimum atomic E-state index is -0.710. The molecule has 0 fully saturated rings. The molecule has 0 radical (unpaired) electrons. The van der Waals surface area contributed by atoms with Crippen molar-refractivity contribution in [1.29, 1.82) is 5.26 Å². The molecule has 3 rings (SSSR count). The van der Waals surface area contributed by atoms with Crippen LogP contribution in [0.3, 0.4) is 0 Å². The van der Waals surface area contributed by atoms with Gasteiger partial charge in [-0.1, -0.05) is 0 Å². The molecule has 136 valence electrons. The van der Waals surface area contributed by atoms with Crippen LogP contribution in [0.5, 0.6) is 0 Å². The smallest absolute Gasteiger partial charge is 0.349 e. The van der Waals surface area contributed by atoms with E-state index in [1.807, 2.05) is 0 Å². The zero-order valence-corrected chi connectivity index (χ0v) is 15.5. The van der Waals surface area contributed by atoms with E-state index in [-0.39, 0.29) is 17.9 Å². The Labute approximate surface area is 161 Å². The Morgan fingerprint density at radius 3 is 3.00 bits per heavy atom. The van der Waals surface area contributed by atoms with Crippen LogP contribution in [0.1, 0.15) is 12.7 Å². The van der Waals surface area contributed by atoms with Gasteiger partial charge in [0.05, 0.1) is 21.7 Å². The zero-order chi connectivity index (χ0) is 19.4. The maximum absolute atomic E-state index is 11.6. The molecule has 0 aliphatic carbocycles. The SMILES string of the molecule is CCOC(=O)/C(C#N)=C/c1ccc(Sc2nc3ccc([N+](=O)[O-])cc3s2)o1. The van der Waals surface area contributed by atoms with Crippen LogP contribution in [0.25, 0.3) is 16.3 Å². The summed E-state index contributed by atoms with van der Waals surface area (Å²) in [5.74, 6) is -0.378. The normalized spacial score (nSPS) is 11.3. The molecule has 2 aromatic heterocycles. The standard InChI is InChI=1S/C17H11N3O5S2/c1-2-24-16(21)10(9-18)7-12-4-6-15(25-12)27-17-19-13-5-3-11(20(22)23)8-14(13)26-17/h3-8H,2H2,1H3/b10-7+. The van der Waals surface area contributed by atoms with Gasteiger partial charge in [-0.3, -0.25) is 10.1 Å². The molecule has 8 nitrogen and oxygen atoms in total. The van der Waals surface area contributed by atoms with Gasteiger partial charge in [-0.25, -0.2) is 9.78 Å². The number of hydrogen-bond donors (Lipinski definition) is 0. The third kappa shape index (κ3) is 4.33. The fraction of sp³-hybridized carbons (Fsp3) is 0.118. The lowest BCUT2D eigenvalue weighted by Gasteiger charge is -1.98. The van der Waals surface area contributed by atoms with Crippen LogP contribution in [0.15, 0.2) is 49.8 Å². The van der Waals surface area contributed by atoms with Gasteiger partial charge < -0.3 is 9.15 Å². The lowest BCUT2D eigenvalue weighted by atomic mass is 10.2. The minimum absolute atomic E-state index is 0.0103. The quantitative estimate of drug-likeness (QED) is 0.196. The number of non-ortho nitro benzene ring substituents is 1. The van der Waals surface area contributed by atoms with Gasteiger partial charge in [-0.05, 0) is 36.9 Å². The van der Waals surface area contributed by atoms with Crippen molar-refractivity contribution in [3.8, 4) is 6.07 Å². The van der Waals surface area contributed by atoms with E-state index in [1.165, 1.54) is 41.3 Å². The summed E-state index contributed by atoms with van der Waals surface area (Å²) in [7, 11) is 0. The fourth-order valence-corrected chi connectivity index (χ4v) is 4.09. The van der Waals surface area contributed by atoms with Crippen molar-refractivity contribution >= 4 is 51.0 Å². The van der Waals surface area contributed by atoms with Gasteiger partial charge in [-0.15, -0.1) is 11.3 Å². The highest BCUT2D eigenvalue weighted by Gasteiger charge is 2.14. The Bertz CT molecular complexity index is 1090. The molecule has 0 aliphatic rings. The predicted molar refractivity (Wildman–Crippen MR) is 99.3 cm³/mol. The number of aromatic nitrogens is 1. The van der Waals surface area contributed by atoms with E-state index >= 15 is 0 Å². The average molecular weight is 401 g/mol. The molecular formula is C17H11N3O5S2. The van der Waals surface area contributed by atoms with Crippen LogP contribution >= 0.6 is 23.1 Å². The van der Waals surface area contributed by atoms with E-state index in [0.29, 0.717) is 25.4 Å². The Balaban J connectivity index is 1.79. The summed E-state index contributed by atoms with van der Waals surface area (Å²) in [6.07, 6.45) is 1.31. The van der Waals surface area contributed by atoms with Crippen LogP contribution in [0.4, 0.5) is 5.69 Å². The number of hydrogen-bond acceptors (Lipinski definition) is 9. The number of nitro benzene ring substituents is 1. The number of nitro groups is 1. The molecule has 0 aliphatic heterocycles. The zero-order valence-electron chi connectivity index (χ0n) is 13.9. The van der Waals surface area contributed by atoms with Crippen molar-refractivity contribution < 1.29 is 18.9 Å². The van der Waals surface area contributed by atoms with E-state index in [2.05, 4.69) is 4.98 Å². The van der Waals surface area contributed by atoms with Crippen molar-refractivity contribution in [2.75, 3.05) is 6.61 Å². The molecule has 27 heavy (non-hydrogen) atoms. The van der Waals surface area contributed by atoms with Gasteiger partial charge in [0.15, 0.2) is 9.43 Å². The first-order valence-corrected chi connectivity index (χ1v) is 9.25. The van der Waals surface area contributed by atoms with Crippen molar-refractivity contribution in [2.45, 2.75) is 16.4 Å². The van der Waals surface area contributed by atoms with E-state index in [1.54, 1.807) is 31.2 Å². The summed E-state index contributed by atoms with van der Waals surface area (Å²) < 4.78 is 11.7. The van der Waals surface area contributed by atoms with Gasteiger partial charge in [-0.2, -0.15) is 5.26 Å². The highest BCUT2D eigenvalue weighted by Crippen LogP contribution is 2.36. The number of benzene rings is 1. The van der Waals surface area contributed by atoms with Gasteiger partial charge in [0.25, 0.3) is 5.69 Å². The van der Waals surface area contributed by atoms with Crippen LogP contribution in [0.2, 0.25) is 0 Å². The number of nitrogens with zero attached hydrogens (tertiary/aromatic N) is 3. The third-order valence-corrected chi connectivity index (χ3v) is 5.25. The fourth-order valence-electron chi connectivity index (χ4n) is 2.09. The van der Waals surface area contributed by atoms with E-state index in [0.717, 1.165) is 0 Å². The molecule has 0 amide bonds. The Morgan fingerprint density at radius 1 is 1.48 bits per heavy atom. The Morgan fingerprint density at radius 2 is 2.30 bits per heavy atom. The van der Waals surface area contributed by atoms with Crippen LogP contribution in [-0.2, 0) is 9.53 Å². The van der Waals surface area contributed by atoms with Crippen molar-refractivity contribution in [3.05, 3.63) is 51.8 Å². The number of fused-ring (bicyclic) bond motifs is 1. The first-order valence-electron chi connectivity index (χ1n) is 7.61. The van der Waals surface area contributed by atoms with Gasteiger partial charge in [0.1, 0.15) is 17.4 Å².